The van der Waals surface area contributed by atoms with Gasteiger partial charge in [0, 0.05) is 12.8 Å². The molecule has 0 aromatic heterocycles. The standard InChI is InChI=1S/C12H14O2/c1-2-5-11-10(4-1)6-8-12(14-11)7-3-9-13-12/h1-2,4-5H,3,6-9H2. The van der Waals surface area contributed by atoms with Gasteiger partial charge in [0.25, 0.3) is 0 Å². The van der Waals surface area contributed by atoms with Crippen molar-refractivity contribution in [2.24, 2.45) is 0 Å². The Morgan fingerprint density at radius 1 is 1.14 bits per heavy atom. The smallest absolute Gasteiger partial charge is 0.210 e. The first kappa shape index (κ1) is 8.30. The van der Waals surface area contributed by atoms with Crippen LogP contribution in [-0.4, -0.2) is 12.4 Å². The van der Waals surface area contributed by atoms with E-state index >= 15 is 0 Å². The summed E-state index contributed by atoms with van der Waals surface area (Å²) in [7, 11) is 0. The van der Waals surface area contributed by atoms with Gasteiger partial charge in [0.2, 0.25) is 5.79 Å². The number of fused-ring (bicyclic) bond motifs is 1. The molecule has 2 aliphatic heterocycles. The lowest BCUT2D eigenvalue weighted by Crippen LogP contribution is -2.38. The van der Waals surface area contributed by atoms with Crippen LogP contribution in [-0.2, 0) is 11.2 Å². The predicted octanol–water partition coefficient (Wildman–Crippen LogP) is 2.52. The zero-order chi connectivity index (χ0) is 9.43. The third kappa shape index (κ3) is 1.22. The molecule has 1 aromatic carbocycles. The van der Waals surface area contributed by atoms with Gasteiger partial charge in [-0.1, -0.05) is 18.2 Å². The van der Waals surface area contributed by atoms with E-state index in [1.165, 1.54) is 5.56 Å². The first-order valence-electron chi connectivity index (χ1n) is 5.29. The van der Waals surface area contributed by atoms with Crippen molar-refractivity contribution in [2.75, 3.05) is 6.61 Å². The van der Waals surface area contributed by atoms with E-state index in [-0.39, 0.29) is 5.79 Å². The number of aryl methyl sites for hydroxylation is 1. The molecule has 0 bridgehead atoms. The zero-order valence-corrected chi connectivity index (χ0v) is 8.16. The molecular weight excluding hydrogens is 176 g/mol. The Labute approximate surface area is 83.8 Å². The van der Waals surface area contributed by atoms with E-state index in [1.807, 2.05) is 12.1 Å². The first-order chi connectivity index (χ1) is 6.88. The van der Waals surface area contributed by atoms with Gasteiger partial charge in [0.15, 0.2) is 0 Å². The van der Waals surface area contributed by atoms with E-state index in [0.29, 0.717) is 0 Å². The average molecular weight is 190 g/mol. The number of benzene rings is 1. The Kier molecular flexibility index (Phi) is 1.77. The summed E-state index contributed by atoms with van der Waals surface area (Å²) in [4.78, 5) is 0. The Morgan fingerprint density at radius 2 is 2.07 bits per heavy atom. The molecule has 0 N–H and O–H groups in total. The summed E-state index contributed by atoms with van der Waals surface area (Å²) < 4.78 is 11.7. The highest BCUT2D eigenvalue weighted by atomic mass is 16.7. The average Bonchev–Trinajstić information content (AvgIpc) is 2.66. The van der Waals surface area contributed by atoms with Crippen molar-refractivity contribution in [2.45, 2.75) is 31.5 Å². The molecule has 74 valence electrons. The lowest BCUT2D eigenvalue weighted by Gasteiger charge is -2.34. The second-order valence-corrected chi connectivity index (χ2v) is 4.07. The molecule has 0 radical (unpaired) electrons. The Morgan fingerprint density at radius 3 is 2.93 bits per heavy atom. The van der Waals surface area contributed by atoms with Crippen LogP contribution in [0.2, 0.25) is 0 Å². The largest absolute Gasteiger partial charge is 0.462 e. The van der Waals surface area contributed by atoms with Crippen molar-refractivity contribution in [1.29, 1.82) is 0 Å². The monoisotopic (exact) mass is 190 g/mol. The van der Waals surface area contributed by atoms with Crippen LogP contribution in [0, 0.1) is 0 Å². The molecular formula is C12H14O2. The topological polar surface area (TPSA) is 18.5 Å². The van der Waals surface area contributed by atoms with Crippen LogP contribution in [0.1, 0.15) is 24.8 Å². The highest BCUT2D eigenvalue weighted by Gasteiger charge is 2.40. The van der Waals surface area contributed by atoms with Crippen LogP contribution >= 0.6 is 0 Å². The van der Waals surface area contributed by atoms with Crippen molar-refractivity contribution >= 4 is 0 Å². The molecule has 0 amide bonds. The quantitative estimate of drug-likeness (QED) is 0.625. The van der Waals surface area contributed by atoms with E-state index in [1.54, 1.807) is 0 Å². The predicted molar refractivity (Wildman–Crippen MR) is 53.3 cm³/mol. The molecule has 1 spiro atoms. The van der Waals surface area contributed by atoms with E-state index in [0.717, 1.165) is 38.0 Å². The molecule has 1 aromatic rings. The second-order valence-electron chi connectivity index (χ2n) is 4.07. The Hall–Kier alpha value is -1.02. The summed E-state index contributed by atoms with van der Waals surface area (Å²) in [6, 6.07) is 8.26. The molecule has 2 nitrogen and oxygen atoms in total. The molecule has 2 aliphatic rings. The van der Waals surface area contributed by atoms with Gasteiger partial charge in [-0.15, -0.1) is 0 Å². The van der Waals surface area contributed by atoms with Gasteiger partial charge < -0.3 is 9.47 Å². The first-order valence-corrected chi connectivity index (χ1v) is 5.29. The highest BCUT2D eigenvalue weighted by Crippen LogP contribution is 2.39. The number of ether oxygens (including phenoxy) is 2. The molecule has 1 fully saturated rings. The molecule has 0 saturated carbocycles. The number of hydrogen-bond acceptors (Lipinski definition) is 2. The number of hydrogen-bond donors (Lipinski definition) is 0. The van der Waals surface area contributed by atoms with Crippen molar-refractivity contribution in [3.05, 3.63) is 29.8 Å². The van der Waals surface area contributed by atoms with E-state index in [9.17, 15) is 0 Å². The van der Waals surface area contributed by atoms with Gasteiger partial charge in [-0.25, -0.2) is 0 Å². The summed E-state index contributed by atoms with van der Waals surface area (Å²) in [6.07, 6.45) is 4.25. The van der Waals surface area contributed by atoms with Crippen LogP contribution in [0.3, 0.4) is 0 Å². The maximum absolute atomic E-state index is 5.96. The van der Waals surface area contributed by atoms with E-state index in [4.69, 9.17) is 9.47 Å². The van der Waals surface area contributed by atoms with Crippen LogP contribution in [0.25, 0.3) is 0 Å². The van der Waals surface area contributed by atoms with Crippen LogP contribution < -0.4 is 4.74 Å². The van der Waals surface area contributed by atoms with Crippen molar-refractivity contribution in [3.8, 4) is 5.75 Å². The minimum atomic E-state index is -0.283. The summed E-state index contributed by atoms with van der Waals surface area (Å²) in [5.41, 5.74) is 1.31. The SMILES string of the molecule is c1ccc2c(c1)CCC1(CCCO1)O2. The third-order valence-corrected chi connectivity index (χ3v) is 3.11. The fourth-order valence-corrected chi connectivity index (χ4v) is 2.34. The van der Waals surface area contributed by atoms with Gasteiger partial charge in [-0.3, -0.25) is 0 Å². The minimum absolute atomic E-state index is 0.283. The van der Waals surface area contributed by atoms with Crippen LogP contribution in [0.15, 0.2) is 24.3 Å². The van der Waals surface area contributed by atoms with Gasteiger partial charge in [0.05, 0.1) is 6.61 Å². The molecule has 1 unspecified atom stereocenters. The summed E-state index contributed by atoms with van der Waals surface area (Å²) in [6.45, 7) is 0.849. The molecule has 14 heavy (non-hydrogen) atoms. The summed E-state index contributed by atoms with van der Waals surface area (Å²) in [5.74, 6) is 0.731. The van der Waals surface area contributed by atoms with Gasteiger partial charge >= 0.3 is 0 Å². The fourth-order valence-electron chi connectivity index (χ4n) is 2.34. The van der Waals surface area contributed by atoms with E-state index in [2.05, 4.69) is 12.1 Å². The third-order valence-electron chi connectivity index (χ3n) is 3.11. The molecule has 0 aliphatic carbocycles. The molecule has 1 atom stereocenters. The molecule has 3 rings (SSSR count). The lowest BCUT2D eigenvalue weighted by molar-refractivity contribution is -0.160. The Bertz CT molecular complexity index is 340. The Balaban J connectivity index is 1.92. The minimum Gasteiger partial charge on any atom is -0.462 e. The molecule has 1 saturated heterocycles. The summed E-state index contributed by atoms with van der Waals surface area (Å²) in [5, 5.41) is 0. The van der Waals surface area contributed by atoms with Gasteiger partial charge in [-0.2, -0.15) is 0 Å². The van der Waals surface area contributed by atoms with Crippen molar-refractivity contribution in [1.82, 2.24) is 0 Å². The number of para-hydroxylation sites is 1. The molecule has 2 heterocycles. The lowest BCUT2D eigenvalue weighted by atomic mass is 9.98. The highest BCUT2D eigenvalue weighted by molar-refractivity contribution is 5.35. The number of rotatable bonds is 0. The zero-order valence-electron chi connectivity index (χ0n) is 8.16. The fraction of sp³-hybridized carbons (Fsp3) is 0.500. The maximum Gasteiger partial charge on any atom is 0.210 e. The van der Waals surface area contributed by atoms with Crippen molar-refractivity contribution < 1.29 is 9.47 Å². The normalized spacial score (nSPS) is 30.0. The maximum atomic E-state index is 5.96. The van der Waals surface area contributed by atoms with Crippen LogP contribution in [0.5, 0.6) is 5.75 Å². The second kappa shape index (κ2) is 2.99. The molecule has 2 heteroatoms. The van der Waals surface area contributed by atoms with Gasteiger partial charge in [-0.05, 0) is 24.5 Å². The van der Waals surface area contributed by atoms with Crippen LogP contribution in [0.4, 0.5) is 0 Å². The van der Waals surface area contributed by atoms with Gasteiger partial charge in [0.1, 0.15) is 5.75 Å². The summed E-state index contributed by atoms with van der Waals surface area (Å²) >= 11 is 0. The van der Waals surface area contributed by atoms with E-state index < -0.39 is 0 Å². The van der Waals surface area contributed by atoms with Crippen molar-refractivity contribution in [3.63, 3.8) is 0 Å².